The van der Waals surface area contributed by atoms with Crippen LogP contribution in [0.5, 0.6) is 0 Å². The average molecular weight is 278 g/mol. The fraction of sp³-hybridized carbons (Fsp3) is 0.600. The largest absolute Gasteiger partial charge is 0.496 e. The maximum absolute atomic E-state index is 11.9. The Labute approximate surface area is 119 Å². The van der Waals surface area contributed by atoms with Crippen LogP contribution >= 0.6 is 0 Å². The summed E-state index contributed by atoms with van der Waals surface area (Å²) in [6, 6.07) is -0.840. The van der Waals surface area contributed by atoms with E-state index in [4.69, 9.17) is 10.5 Å². The molecule has 3 N–H and O–H groups in total. The van der Waals surface area contributed by atoms with Gasteiger partial charge in [0.15, 0.2) is 0 Å². The molecule has 0 aromatic carbocycles. The number of urea groups is 1. The summed E-state index contributed by atoms with van der Waals surface area (Å²) in [5, 5.41) is 2.10. The summed E-state index contributed by atoms with van der Waals surface area (Å²) >= 11 is 0. The number of amides is 3. The number of hydrogen-bond donors (Lipinski definition) is 2. The molecule has 0 aromatic heterocycles. The van der Waals surface area contributed by atoms with Crippen LogP contribution in [0.2, 0.25) is 0 Å². The van der Waals surface area contributed by atoms with Gasteiger partial charge in [-0.25, -0.2) is 4.79 Å². The van der Waals surface area contributed by atoms with Gasteiger partial charge in [0, 0.05) is 0 Å². The van der Waals surface area contributed by atoms with Gasteiger partial charge in [0.1, 0.15) is 6.61 Å². The van der Waals surface area contributed by atoms with E-state index < -0.39 is 11.9 Å². The molecule has 5 heteroatoms. The van der Waals surface area contributed by atoms with Crippen molar-refractivity contribution in [2.45, 2.75) is 39.0 Å². The molecule has 110 valence electrons. The number of hydrogen-bond acceptors (Lipinski definition) is 3. The number of carbonyl (C=O) groups excluding carboxylic acids is 2. The van der Waals surface area contributed by atoms with Crippen LogP contribution in [0.3, 0.4) is 0 Å². The van der Waals surface area contributed by atoms with Crippen LogP contribution in [0, 0.1) is 11.8 Å². The lowest BCUT2D eigenvalue weighted by Gasteiger charge is -2.28. The number of primary amides is 1. The van der Waals surface area contributed by atoms with Crippen molar-refractivity contribution >= 4 is 11.9 Å². The second kappa shape index (κ2) is 6.59. The van der Waals surface area contributed by atoms with Crippen molar-refractivity contribution in [3.63, 3.8) is 0 Å². The normalized spacial score (nSPS) is 26.1. The number of rotatable bonds is 3. The molecule has 1 fully saturated rings. The van der Waals surface area contributed by atoms with E-state index in [9.17, 15) is 9.59 Å². The molecule has 2 rings (SSSR count). The van der Waals surface area contributed by atoms with E-state index in [2.05, 4.69) is 12.2 Å². The Morgan fingerprint density at radius 1 is 1.35 bits per heavy atom. The average Bonchev–Trinajstić information content (AvgIpc) is 2.41. The molecule has 0 aromatic rings. The van der Waals surface area contributed by atoms with Gasteiger partial charge in [-0.2, -0.15) is 0 Å². The molecule has 20 heavy (non-hydrogen) atoms. The zero-order valence-electron chi connectivity index (χ0n) is 11.9. The highest BCUT2D eigenvalue weighted by Crippen LogP contribution is 2.34. The molecule has 0 spiro atoms. The third-order valence-corrected chi connectivity index (χ3v) is 4.10. The Balaban J connectivity index is 1.98. The number of ether oxygens (including phenoxy) is 1. The van der Waals surface area contributed by atoms with Gasteiger partial charge in [-0.1, -0.05) is 19.8 Å². The zero-order valence-corrected chi connectivity index (χ0v) is 11.9. The number of nitrogens with two attached hydrogens (primary N) is 1. The van der Waals surface area contributed by atoms with Crippen LogP contribution in [0.4, 0.5) is 4.79 Å². The van der Waals surface area contributed by atoms with E-state index in [1.54, 1.807) is 0 Å². The Kier molecular flexibility index (Phi) is 4.82. The van der Waals surface area contributed by atoms with E-state index in [0.29, 0.717) is 18.1 Å². The summed E-state index contributed by atoms with van der Waals surface area (Å²) in [4.78, 5) is 22.7. The van der Waals surface area contributed by atoms with Crippen LogP contribution in [-0.2, 0) is 9.53 Å². The number of imide groups is 1. The van der Waals surface area contributed by atoms with Crippen molar-refractivity contribution in [1.82, 2.24) is 5.32 Å². The van der Waals surface area contributed by atoms with Gasteiger partial charge in [0.2, 0.25) is 0 Å². The van der Waals surface area contributed by atoms with Gasteiger partial charge < -0.3 is 10.5 Å². The summed E-state index contributed by atoms with van der Waals surface area (Å²) in [6.07, 6.45) is 9.12. The maximum Gasteiger partial charge on any atom is 0.319 e. The van der Waals surface area contributed by atoms with Crippen molar-refractivity contribution < 1.29 is 14.3 Å². The number of carbonyl (C=O) groups is 2. The standard InChI is InChI=1S/C15H22N2O3/c1-10-2-4-11(5-3-10)8-12-6-7-20-9-13(12)14(18)17-15(16)19/h6,9-11H,2-5,7-8H2,1H3,(H3,16,17,18,19). The molecule has 0 radical (unpaired) electrons. The molecule has 5 nitrogen and oxygen atoms in total. The molecule has 2 aliphatic rings. The van der Waals surface area contributed by atoms with E-state index in [1.807, 2.05) is 6.08 Å². The van der Waals surface area contributed by atoms with Crippen LogP contribution in [0.15, 0.2) is 23.5 Å². The second-order valence-corrected chi connectivity index (χ2v) is 5.74. The molecule has 1 aliphatic heterocycles. The van der Waals surface area contributed by atoms with Gasteiger partial charge in [0.05, 0.1) is 11.8 Å². The van der Waals surface area contributed by atoms with E-state index >= 15 is 0 Å². The van der Waals surface area contributed by atoms with Gasteiger partial charge in [-0.15, -0.1) is 0 Å². The van der Waals surface area contributed by atoms with E-state index in [1.165, 1.54) is 31.9 Å². The monoisotopic (exact) mass is 278 g/mol. The van der Waals surface area contributed by atoms with E-state index in [0.717, 1.165) is 17.9 Å². The summed E-state index contributed by atoms with van der Waals surface area (Å²) in [5.74, 6) is 0.941. The molecular weight excluding hydrogens is 256 g/mol. The predicted molar refractivity (Wildman–Crippen MR) is 75.6 cm³/mol. The lowest BCUT2D eigenvalue weighted by Crippen LogP contribution is -2.36. The molecule has 1 heterocycles. The van der Waals surface area contributed by atoms with Crippen LogP contribution in [-0.4, -0.2) is 18.5 Å². The van der Waals surface area contributed by atoms with Gasteiger partial charge in [-0.05, 0) is 42.7 Å². The van der Waals surface area contributed by atoms with E-state index in [-0.39, 0.29) is 0 Å². The van der Waals surface area contributed by atoms with Crippen LogP contribution < -0.4 is 11.1 Å². The third kappa shape index (κ3) is 3.85. The second-order valence-electron chi connectivity index (χ2n) is 5.74. The maximum atomic E-state index is 11.9. The topological polar surface area (TPSA) is 81.4 Å². The molecular formula is C15H22N2O3. The first kappa shape index (κ1) is 14.6. The Bertz CT molecular complexity index is 446. The predicted octanol–water partition coefficient (Wildman–Crippen LogP) is 2.24. The highest BCUT2D eigenvalue weighted by atomic mass is 16.5. The Morgan fingerprint density at radius 2 is 2.05 bits per heavy atom. The minimum absolute atomic E-state index is 0.425. The molecule has 3 amide bonds. The van der Waals surface area contributed by atoms with Crippen LogP contribution in [0.1, 0.15) is 39.0 Å². The molecule has 1 aliphatic carbocycles. The highest BCUT2D eigenvalue weighted by molar-refractivity contribution is 6.06. The lowest BCUT2D eigenvalue weighted by molar-refractivity contribution is -0.116. The Morgan fingerprint density at radius 3 is 2.70 bits per heavy atom. The van der Waals surface area contributed by atoms with Crippen molar-refractivity contribution in [3.05, 3.63) is 23.5 Å². The molecule has 0 atom stereocenters. The number of nitrogens with one attached hydrogen (secondary N) is 1. The van der Waals surface area contributed by atoms with Crippen molar-refractivity contribution in [2.24, 2.45) is 17.6 Å². The first-order valence-corrected chi connectivity index (χ1v) is 7.18. The lowest BCUT2D eigenvalue weighted by atomic mass is 9.79. The third-order valence-electron chi connectivity index (χ3n) is 4.10. The van der Waals surface area contributed by atoms with Crippen molar-refractivity contribution in [1.29, 1.82) is 0 Å². The highest BCUT2D eigenvalue weighted by Gasteiger charge is 2.24. The summed E-state index contributed by atoms with van der Waals surface area (Å²) in [5.41, 5.74) is 6.38. The summed E-state index contributed by atoms with van der Waals surface area (Å²) in [6.45, 7) is 2.77. The van der Waals surface area contributed by atoms with Crippen LogP contribution in [0.25, 0.3) is 0 Å². The first-order chi connectivity index (χ1) is 9.56. The quantitative estimate of drug-likeness (QED) is 0.830. The van der Waals surface area contributed by atoms with Gasteiger partial charge in [-0.3, -0.25) is 10.1 Å². The van der Waals surface area contributed by atoms with Gasteiger partial charge >= 0.3 is 6.03 Å². The zero-order chi connectivity index (χ0) is 14.5. The Hall–Kier alpha value is -1.78. The van der Waals surface area contributed by atoms with Gasteiger partial charge in [0.25, 0.3) is 5.91 Å². The molecule has 0 bridgehead atoms. The fourth-order valence-corrected chi connectivity index (χ4v) is 2.88. The first-order valence-electron chi connectivity index (χ1n) is 7.18. The minimum atomic E-state index is -0.840. The summed E-state index contributed by atoms with van der Waals surface area (Å²) < 4.78 is 5.17. The summed E-state index contributed by atoms with van der Waals surface area (Å²) in [7, 11) is 0. The van der Waals surface area contributed by atoms with Crippen molar-refractivity contribution in [3.8, 4) is 0 Å². The molecule has 1 saturated carbocycles. The molecule has 0 saturated heterocycles. The molecule has 0 unspecified atom stereocenters. The minimum Gasteiger partial charge on any atom is -0.496 e. The van der Waals surface area contributed by atoms with Crippen molar-refractivity contribution in [2.75, 3.05) is 6.61 Å². The smallest absolute Gasteiger partial charge is 0.319 e. The fourth-order valence-electron chi connectivity index (χ4n) is 2.88. The SMILES string of the molecule is CC1CCC(CC2=CCOC=C2C(=O)NC(N)=O)CC1.